The molecule has 0 aliphatic carbocycles. The summed E-state index contributed by atoms with van der Waals surface area (Å²) in [7, 11) is 1.27. The highest BCUT2D eigenvalue weighted by Gasteiger charge is 2.32. The SMILES string of the molecule is CCOc1cc([C@@H]2NC(=O)NC(C)=C2C(=O)OC)ccc1OC[C@@H](O)N/N=C\c1ccc(OCc2ccc(Cl)c(Cl)c2)cc1. The predicted molar refractivity (Wildman–Crippen MR) is 166 cm³/mol. The second kappa shape index (κ2) is 15.3. The van der Waals surface area contributed by atoms with E-state index in [0.717, 1.165) is 11.1 Å². The Labute approximate surface area is 264 Å². The van der Waals surface area contributed by atoms with Gasteiger partial charge in [0.1, 0.15) is 19.0 Å². The molecule has 3 aromatic rings. The van der Waals surface area contributed by atoms with Gasteiger partial charge in [-0.1, -0.05) is 35.3 Å². The highest BCUT2D eigenvalue weighted by molar-refractivity contribution is 6.42. The first kappa shape index (κ1) is 32.5. The van der Waals surface area contributed by atoms with Gasteiger partial charge in [-0.3, -0.25) is 5.43 Å². The second-order valence-corrected chi connectivity index (χ2v) is 10.3. The third-order valence-corrected chi connectivity index (χ3v) is 7.12. The zero-order valence-corrected chi connectivity index (χ0v) is 25.7. The molecule has 0 bridgehead atoms. The Balaban J connectivity index is 1.32. The summed E-state index contributed by atoms with van der Waals surface area (Å²) in [6.07, 6.45) is 0.420. The van der Waals surface area contributed by atoms with Gasteiger partial charge >= 0.3 is 12.0 Å². The van der Waals surface area contributed by atoms with E-state index < -0.39 is 24.3 Å². The maximum Gasteiger partial charge on any atom is 0.337 e. The van der Waals surface area contributed by atoms with Crippen LogP contribution in [0.3, 0.4) is 0 Å². The molecule has 1 aliphatic rings. The van der Waals surface area contributed by atoms with Crippen molar-refractivity contribution < 1.29 is 33.6 Å². The molecule has 4 N–H and O–H groups in total. The second-order valence-electron chi connectivity index (χ2n) is 9.52. The Hall–Kier alpha value is -4.45. The van der Waals surface area contributed by atoms with Crippen molar-refractivity contribution in [2.24, 2.45) is 5.10 Å². The Morgan fingerprint density at radius 3 is 2.52 bits per heavy atom. The number of hydrazone groups is 1. The summed E-state index contributed by atoms with van der Waals surface area (Å²) in [6, 6.07) is 16.4. The predicted octanol–water partition coefficient (Wildman–Crippen LogP) is 5.09. The van der Waals surface area contributed by atoms with Gasteiger partial charge in [0.05, 0.1) is 41.6 Å². The topological polar surface area (TPSA) is 140 Å². The van der Waals surface area contributed by atoms with E-state index in [4.69, 9.17) is 42.1 Å². The van der Waals surface area contributed by atoms with E-state index >= 15 is 0 Å². The lowest BCUT2D eigenvalue weighted by molar-refractivity contribution is -0.136. The van der Waals surface area contributed by atoms with Crippen LogP contribution in [0.25, 0.3) is 0 Å². The number of allylic oxidation sites excluding steroid dienone is 1. The maximum atomic E-state index is 12.4. The summed E-state index contributed by atoms with van der Waals surface area (Å²) in [5, 5.41) is 20.7. The summed E-state index contributed by atoms with van der Waals surface area (Å²) in [5.74, 6) is 0.826. The quantitative estimate of drug-likeness (QED) is 0.0875. The van der Waals surface area contributed by atoms with Crippen LogP contribution in [-0.4, -0.2) is 49.9 Å². The number of aliphatic hydroxyl groups is 1. The molecule has 1 heterocycles. The van der Waals surface area contributed by atoms with Crippen molar-refractivity contribution in [3.05, 3.63) is 98.7 Å². The molecule has 0 spiro atoms. The Morgan fingerprint density at radius 1 is 1.05 bits per heavy atom. The molecule has 1 aliphatic heterocycles. The largest absolute Gasteiger partial charge is 0.490 e. The lowest BCUT2D eigenvalue weighted by atomic mass is 9.95. The molecule has 3 aromatic carbocycles. The lowest BCUT2D eigenvalue weighted by Crippen LogP contribution is -2.45. The molecule has 2 amide bonds. The molecule has 0 aromatic heterocycles. The van der Waals surface area contributed by atoms with Gasteiger partial charge in [-0.25, -0.2) is 9.59 Å². The van der Waals surface area contributed by atoms with Crippen molar-refractivity contribution in [1.29, 1.82) is 0 Å². The molecule has 13 heteroatoms. The van der Waals surface area contributed by atoms with Gasteiger partial charge in [0.2, 0.25) is 0 Å². The maximum absolute atomic E-state index is 12.4. The minimum Gasteiger partial charge on any atom is -0.490 e. The number of rotatable bonds is 13. The van der Waals surface area contributed by atoms with Crippen LogP contribution in [0.15, 0.2) is 77.0 Å². The molecular formula is C31H32Cl2N4O7. The summed E-state index contributed by atoms with van der Waals surface area (Å²) >= 11 is 12.0. The monoisotopic (exact) mass is 642 g/mol. The van der Waals surface area contributed by atoms with E-state index in [2.05, 4.69) is 21.2 Å². The molecule has 11 nitrogen and oxygen atoms in total. The van der Waals surface area contributed by atoms with E-state index in [9.17, 15) is 14.7 Å². The molecular weight excluding hydrogens is 611 g/mol. The van der Waals surface area contributed by atoms with Crippen molar-refractivity contribution >= 4 is 41.4 Å². The fraction of sp³-hybridized carbons (Fsp3) is 0.258. The van der Waals surface area contributed by atoms with Crippen molar-refractivity contribution in [1.82, 2.24) is 16.1 Å². The Morgan fingerprint density at radius 2 is 1.82 bits per heavy atom. The van der Waals surface area contributed by atoms with Gasteiger partial charge in [0.25, 0.3) is 0 Å². The molecule has 2 atom stereocenters. The third kappa shape index (κ3) is 8.56. The Kier molecular flexibility index (Phi) is 11.3. The number of benzene rings is 3. The van der Waals surface area contributed by atoms with Crippen LogP contribution in [0.5, 0.6) is 17.2 Å². The fourth-order valence-electron chi connectivity index (χ4n) is 4.27. The molecule has 0 unspecified atom stereocenters. The lowest BCUT2D eigenvalue weighted by Gasteiger charge is -2.28. The smallest absolute Gasteiger partial charge is 0.337 e. The summed E-state index contributed by atoms with van der Waals surface area (Å²) < 4.78 is 22.2. The van der Waals surface area contributed by atoms with E-state index in [0.29, 0.717) is 51.8 Å². The van der Waals surface area contributed by atoms with Crippen LogP contribution in [0.2, 0.25) is 10.0 Å². The van der Waals surface area contributed by atoms with Gasteiger partial charge in [0, 0.05) is 5.70 Å². The van der Waals surface area contributed by atoms with Gasteiger partial charge in [-0.2, -0.15) is 5.10 Å². The zero-order chi connectivity index (χ0) is 31.6. The zero-order valence-electron chi connectivity index (χ0n) is 24.2. The molecule has 0 saturated carbocycles. The number of hydrogen-bond donors (Lipinski definition) is 4. The number of hydrogen-bond acceptors (Lipinski definition) is 9. The summed E-state index contributed by atoms with van der Waals surface area (Å²) in [5.41, 5.74) is 5.54. The number of nitrogens with one attached hydrogen (secondary N) is 3. The van der Waals surface area contributed by atoms with E-state index in [1.165, 1.54) is 7.11 Å². The fourth-order valence-corrected chi connectivity index (χ4v) is 4.59. The molecule has 44 heavy (non-hydrogen) atoms. The van der Waals surface area contributed by atoms with Crippen LogP contribution in [0.4, 0.5) is 4.79 Å². The van der Waals surface area contributed by atoms with Crippen molar-refractivity contribution in [3.63, 3.8) is 0 Å². The number of carbonyl (C=O) groups excluding carboxylic acids is 2. The molecule has 0 radical (unpaired) electrons. The highest BCUT2D eigenvalue weighted by Crippen LogP contribution is 2.35. The first-order valence-corrected chi connectivity index (χ1v) is 14.3. The summed E-state index contributed by atoms with van der Waals surface area (Å²) in [6.45, 7) is 3.97. The van der Waals surface area contributed by atoms with Gasteiger partial charge in [-0.15, -0.1) is 0 Å². The standard InChI is InChI=1S/C31H32Cl2N4O7/c1-4-42-26-14-21(29-28(30(39)41-3)18(2)35-31(40)36-29)8-12-25(26)44-17-27(38)37-34-15-19-5-9-22(10-6-19)43-16-20-7-11-23(32)24(33)13-20/h5-15,27,29,37-38H,4,16-17H2,1-3H3,(H2,35,36,40)/b34-15-/t27-,29+/m1/s1. The van der Waals surface area contributed by atoms with Crippen LogP contribution in [0, 0.1) is 0 Å². The average molecular weight is 644 g/mol. The average Bonchev–Trinajstić information content (AvgIpc) is 3.01. The number of esters is 1. The Bertz CT molecular complexity index is 1550. The minimum atomic E-state index is -1.13. The third-order valence-electron chi connectivity index (χ3n) is 6.38. The number of aliphatic hydroxyl groups excluding tert-OH is 1. The molecule has 4 rings (SSSR count). The number of nitrogens with zero attached hydrogens (tertiary/aromatic N) is 1. The van der Waals surface area contributed by atoms with Gasteiger partial charge in [-0.05, 0) is 79.1 Å². The highest BCUT2D eigenvalue weighted by atomic mass is 35.5. The van der Waals surface area contributed by atoms with Crippen molar-refractivity contribution in [3.8, 4) is 17.2 Å². The minimum absolute atomic E-state index is 0.144. The van der Waals surface area contributed by atoms with E-state index in [-0.39, 0.29) is 12.2 Å². The first-order chi connectivity index (χ1) is 21.2. The van der Waals surface area contributed by atoms with Crippen LogP contribution in [-0.2, 0) is 16.1 Å². The molecule has 232 valence electrons. The van der Waals surface area contributed by atoms with Crippen LogP contribution in [0.1, 0.15) is 36.6 Å². The number of methoxy groups -OCH3 is 1. The number of amides is 2. The molecule has 0 saturated heterocycles. The molecule has 0 fully saturated rings. The van der Waals surface area contributed by atoms with Crippen molar-refractivity contribution in [2.75, 3.05) is 20.3 Å². The van der Waals surface area contributed by atoms with Crippen LogP contribution < -0.4 is 30.3 Å². The van der Waals surface area contributed by atoms with Crippen molar-refractivity contribution in [2.45, 2.75) is 32.7 Å². The number of carbonyl (C=O) groups is 2. The van der Waals surface area contributed by atoms with Gasteiger partial charge < -0.3 is 34.7 Å². The van der Waals surface area contributed by atoms with E-state index in [1.54, 1.807) is 55.6 Å². The normalized spacial score (nSPS) is 15.3. The van der Waals surface area contributed by atoms with Gasteiger partial charge in [0.15, 0.2) is 17.7 Å². The first-order valence-electron chi connectivity index (χ1n) is 13.6. The number of urea groups is 1. The number of ether oxygens (including phenoxy) is 4. The number of halogens is 2. The van der Waals surface area contributed by atoms with Crippen LogP contribution >= 0.6 is 23.2 Å². The summed E-state index contributed by atoms with van der Waals surface area (Å²) in [4.78, 5) is 24.6. The van der Waals surface area contributed by atoms with E-state index in [1.807, 2.05) is 25.1 Å².